The fourth-order valence-corrected chi connectivity index (χ4v) is 3.33. The molecule has 0 aromatic carbocycles. The van der Waals surface area contributed by atoms with Crippen molar-refractivity contribution in [1.29, 1.82) is 0 Å². The fraction of sp³-hybridized carbons (Fsp3) is 0.294. The zero-order valence-corrected chi connectivity index (χ0v) is 13.4. The zero-order chi connectivity index (χ0) is 17.4. The van der Waals surface area contributed by atoms with Gasteiger partial charge in [0.25, 0.3) is 0 Å². The van der Waals surface area contributed by atoms with Crippen molar-refractivity contribution in [3.63, 3.8) is 0 Å². The molecule has 0 spiro atoms. The lowest BCUT2D eigenvalue weighted by atomic mass is 9.90. The Kier molecular flexibility index (Phi) is 3.81. The Bertz CT molecular complexity index is 917. The molecule has 8 nitrogen and oxygen atoms in total. The number of pyridine rings is 1. The summed E-state index contributed by atoms with van der Waals surface area (Å²) in [7, 11) is 0. The lowest BCUT2D eigenvalue weighted by Gasteiger charge is -2.16. The number of carbonyl (C=O) groups excluding carboxylic acids is 1. The van der Waals surface area contributed by atoms with Gasteiger partial charge in [-0.1, -0.05) is 0 Å². The maximum atomic E-state index is 11.7. The number of aromatic carboxylic acids is 1. The number of fused-ring (bicyclic) bond motifs is 3. The lowest BCUT2D eigenvalue weighted by molar-refractivity contribution is -0.256. The summed E-state index contributed by atoms with van der Waals surface area (Å²) < 4.78 is 3.07. The third kappa shape index (κ3) is 2.80. The number of aliphatic hydroxyl groups excluding tert-OH is 1. The van der Waals surface area contributed by atoms with E-state index in [0.717, 1.165) is 11.1 Å². The summed E-state index contributed by atoms with van der Waals surface area (Å²) in [6.45, 7) is 0.367. The van der Waals surface area contributed by atoms with E-state index in [9.17, 15) is 15.0 Å². The molecule has 0 aliphatic heterocycles. The predicted octanol–water partition coefficient (Wildman–Crippen LogP) is -0.335. The van der Waals surface area contributed by atoms with E-state index < -0.39 is 12.1 Å². The van der Waals surface area contributed by atoms with E-state index in [-0.39, 0.29) is 12.2 Å². The van der Waals surface area contributed by atoms with Gasteiger partial charge in [0.15, 0.2) is 0 Å². The van der Waals surface area contributed by atoms with Crippen molar-refractivity contribution in [2.75, 3.05) is 0 Å². The van der Waals surface area contributed by atoms with E-state index >= 15 is 0 Å². The van der Waals surface area contributed by atoms with Crippen LogP contribution in [0.3, 0.4) is 0 Å². The molecule has 3 aromatic rings. The molecule has 4 rings (SSSR count). The van der Waals surface area contributed by atoms with Gasteiger partial charge in [0.2, 0.25) is 0 Å². The molecule has 0 fully saturated rings. The molecule has 0 radical (unpaired) electrons. The normalized spacial score (nSPS) is 14.0. The van der Waals surface area contributed by atoms with Crippen LogP contribution in [0.1, 0.15) is 21.6 Å². The maximum absolute atomic E-state index is 11.7. The molecule has 1 unspecified atom stereocenters. The van der Waals surface area contributed by atoms with Crippen LogP contribution in [0, 0.1) is 0 Å². The zero-order valence-electron chi connectivity index (χ0n) is 13.4. The Morgan fingerprint density at radius 2 is 2.16 bits per heavy atom. The van der Waals surface area contributed by atoms with Gasteiger partial charge in [0, 0.05) is 35.9 Å². The molecular weight excluding hydrogens is 322 g/mol. The first-order chi connectivity index (χ1) is 12.1. The molecule has 128 valence electrons. The van der Waals surface area contributed by atoms with Crippen LogP contribution in [0.5, 0.6) is 0 Å². The Morgan fingerprint density at radius 1 is 1.28 bits per heavy atom. The number of carboxylic acids is 1. The van der Waals surface area contributed by atoms with E-state index in [2.05, 4.69) is 15.1 Å². The Labute approximate surface area is 143 Å². The first-order valence-corrected chi connectivity index (χ1v) is 8.01. The lowest BCUT2D eigenvalue weighted by Crippen LogP contribution is -2.30. The van der Waals surface area contributed by atoms with Crippen LogP contribution in [0.15, 0.2) is 37.2 Å². The van der Waals surface area contributed by atoms with Crippen molar-refractivity contribution in [2.45, 2.75) is 32.0 Å². The van der Waals surface area contributed by atoms with Crippen molar-refractivity contribution in [3.05, 3.63) is 54.0 Å². The standard InChI is InChI=1S/C17H17N5O3/c23-12(8-21-6-5-19-10-21)9-22-16(17(24)25)14-2-1-11-7-18-4-3-13(11)15(14)20-22/h3-7,10,12,23H,1-2,8-9H2,(H,24,25)/p-1. The molecule has 0 amide bonds. The van der Waals surface area contributed by atoms with Gasteiger partial charge >= 0.3 is 0 Å². The number of carbonyl (C=O) groups is 1. The van der Waals surface area contributed by atoms with Crippen molar-refractivity contribution in [3.8, 4) is 11.3 Å². The number of aryl methyl sites for hydroxylation is 1. The third-order valence-electron chi connectivity index (χ3n) is 4.41. The minimum Gasteiger partial charge on any atom is -0.543 e. The molecular formula is C17H16N5O3-. The number of imidazole rings is 1. The van der Waals surface area contributed by atoms with Gasteiger partial charge in [0.05, 0.1) is 42.9 Å². The summed E-state index contributed by atoms with van der Waals surface area (Å²) in [5.41, 5.74) is 3.28. The Hall–Kier alpha value is -3.00. The summed E-state index contributed by atoms with van der Waals surface area (Å²) in [5, 5.41) is 26.5. The molecule has 0 bridgehead atoms. The number of aliphatic hydroxyl groups is 1. The fourth-order valence-electron chi connectivity index (χ4n) is 3.33. The topological polar surface area (TPSA) is 109 Å². The molecule has 0 saturated heterocycles. The molecule has 1 aliphatic carbocycles. The number of nitrogens with zero attached hydrogens (tertiary/aromatic N) is 5. The van der Waals surface area contributed by atoms with Crippen molar-refractivity contribution in [2.24, 2.45) is 0 Å². The van der Waals surface area contributed by atoms with Gasteiger partial charge in [-0.3, -0.25) is 9.67 Å². The van der Waals surface area contributed by atoms with E-state index in [4.69, 9.17) is 0 Å². The highest BCUT2D eigenvalue weighted by Crippen LogP contribution is 2.33. The van der Waals surface area contributed by atoms with E-state index in [1.165, 1.54) is 4.68 Å². The van der Waals surface area contributed by atoms with Gasteiger partial charge in [0.1, 0.15) is 0 Å². The number of rotatable bonds is 5. The monoisotopic (exact) mass is 338 g/mol. The highest BCUT2D eigenvalue weighted by Gasteiger charge is 2.26. The van der Waals surface area contributed by atoms with Crippen LogP contribution in [0.25, 0.3) is 11.3 Å². The molecule has 3 aromatic heterocycles. The quantitative estimate of drug-likeness (QED) is 0.682. The summed E-state index contributed by atoms with van der Waals surface area (Å²) in [6.07, 6.45) is 8.88. The van der Waals surface area contributed by atoms with Crippen LogP contribution in [0.4, 0.5) is 0 Å². The summed E-state index contributed by atoms with van der Waals surface area (Å²) >= 11 is 0. The first kappa shape index (κ1) is 15.5. The summed E-state index contributed by atoms with van der Waals surface area (Å²) in [5.74, 6) is -1.28. The number of carboxylic acid groups (broad SMARTS) is 1. The second-order valence-corrected chi connectivity index (χ2v) is 6.09. The minimum absolute atomic E-state index is 0.0437. The van der Waals surface area contributed by atoms with Gasteiger partial charge in [-0.15, -0.1) is 0 Å². The average molecular weight is 338 g/mol. The van der Waals surface area contributed by atoms with Gasteiger partial charge in [-0.25, -0.2) is 4.98 Å². The van der Waals surface area contributed by atoms with Gasteiger partial charge < -0.3 is 19.6 Å². The average Bonchev–Trinajstić information content (AvgIpc) is 3.21. The maximum Gasteiger partial charge on any atom is 0.0966 e. The highest BCUT2D eigenvalue weighted by molar-refractivity contribution is 5.89. The number of hydrogen-bond donors (Lipinski definition) is 1. The molecule has 3 heterocycles. The smallest absolute Gasteiger partial charge is 0.0966 e. The molecule has 1 atom stereocenters. The number of aromatic nitrogens is 5. The molecule has 1 aliphatic rings. The number of hydrogen-bond acceptors (Lipinski definition) is 6. The van der Waals surface area contributed by atoms with Crippen molar-refractivity contribution < 1.29 is 15.0 Å². The largest absolute Gasteiger partial charge is 0.543 e. The van der Waals surface area contributed by atoms with E-state index in [1.807, 2.05) is 6.07 Å². The van der Waals surface area contributed by atoms with Crippen LogP contribution in [0.2, 0.25) is 0 Å². The third-order valence-corrected chi connectivity index (χ3v) is 4.41. The Morgan fingerprint density at radius 3 is 2.92 bits per heavy atom. The molecule has 0 saturated carbocycles. The molecule has 1 N–H and O–H groups in total. The predicted molar refractivity (Wildman–Crippen MR) is 85.4 cm³/mol. The van der Waals surface area contributed by atoms with Gasteiger partial charge in [-0.05, 0) is 24.5 Å². The van der Waals surface area contributed by atoms with E-state index in [1.54, 1.807) is 35.7 Å². The highest BCUT2D eigenvalue weighted by atomic mass is 16.4. The summed E-state index contributed by atoms with van der Waals surface area (Å²) in [6, 6.07) is 1.84. The van der Waals surface area contributed by atoms with Crippen molar-refractivity contribution in [1.82, 2.24) is 24.3 Å². The second kappa shape index (κ2) is 6.14. The van der Waals surface area contributed by atoms with Crippen molar-refractivity contribution >= 4 is 5.97 Å². The van der Waals surface area contributed by atoms with Crippen LogP contribution < -0.4 is 5.11 Å². The van der Waals surface area contributed by atoms with Crippen LogP contribution >= 0.6 is 0 Å². The SMILES string of the molecule is O=C([O-])c1c2c(nn1CC(O)Cn1ccnc1)-c1ccncc1CC2. The molecule has 25 heavy (non-hydrogen) atoms. The van der Waals surface area contributed by atoms with Crippen LogP contribution in [-0.4, -0.2) is 41.5 Å². The second-order valence-electron chi connectivity index (χ2n) is 6.09. The van der Waals surface area contributed by atoms with Gasteiger partial charge in [-0.2, -0.15) is 5.10 Å². The Balaban J connectivity index is 1.69. The molecule has 8 heteroatoms. The minimum atomic E-state index is -1.28. The van der Waals surface area contributed by atoms with E-state index in [0.29, 0.717) is 30.6 Å². The first-order valence-electron chi connectivity index (χ1n) is 8.01. The van der Waals surface area contributed by atoms with Crippen LogP contribution in [-0.2, 0) is 25.9 Å². The summed E-state index contributed by atoms with van der Waals surface area (Å²) in [4.78, 5) is 19.7.